The first kappa shape index (κ1) is 25.3. The van der Waals surface area contributed by atoms with Crippen LogP contribution in [0.2, 0.25) is 0 Å². The van der Waals surface area contributed by atoms with Crippen LogP contribution < -0.4 is 10.9 Å². The molecule has 0 bridgehead atoms. The van der Waals surface area contributed by atoms with Crippen LogP contribution in [0.3, 0.4) is 0 Å². The highest BCUT2D eigenvalue weighted by atomic mass is 15.7. The van der Waals surface area contributed by atoms with Crippen LogP contribution in [0.1, 0.15) is 62.8 Å². The molecule has 1 heterocycles. The van der Waals surface area contributed by atoms with E-state index < -0.39 is 0 Å². The lowest BCUT2D eigenvalue weighted by Gasteiger charge is -2.19. The molecule has 0 amide bonds. The van der Waals surface area contributed by atoms with Gasteiger partial charge in [-0.05, 0) is 19.3 Å². The van der Waals surface area contributed by atoms with Crippen molar-refractivity contribution in [2.75, 3.05) is 0 Å². The summed E-state index contributed by atoms with van der Waals surface area (Å²) in [6.45, 7) is 17.0. The van der Waals surface area contributed by atoms with E-state index >= 15 is 0 Å². The van der Waals surface area contributed by atoms with E-state index in [0.29, 0.717) is 11.5 Å². The maximum absolute atomic E-state index is 3.00. The monoisotopic (exact) mass is 242 g/mol. The molecule has 1 rings (SSSR count). The van der Waals surface area contributed by atoms with Gasteiger partial charge in [-0.1, -0.05) is 49.0 Å². The van der Waals surface area contributed by atoms with Crippen molar-refractivity contribution >= 4 is 8.41 Å². The van der Waals surface area contributed by atoms with Gasteiger partial charge in [-0.2, -0.15) is 0 Å². The lowest BCUT2D eigenvalue weighted by Crippen LogP contribution is -2.43. The summed E-state index contributed by atoms with van der Waals surface area (Å²) in [7, 11) is 0. The van der Waals surface area contributed by atoms with Gasteiger partial charge in [-0.15, -0.1) is 5.12 Å². The maximum Gasteiger partial charge on any atom is 0.0443 e. The minimum absolute atomic E-state index is 0. The number of nitrogens with zero attached hydrogens (tertiary/aromatic N) is 1. The second-order valence-electron chi connectivity index (χ2n) is 5.06. The molecule has 17 heavy (non-hydrogen) atoms. The van der Waals surface area contributed by atoms with Gasteiger partial charge < -0.3 is 10.9 Å². The molecule has 0 aromatic rings. The molecule has 0 saturated heterocycles. The molecule has 0 aliphatic carbocycles. The lowest BCUT2D eigenvalue weighted by atomic mass is 10.0. The van der Waals surface area contributed by atoms with Gasteiger partial charge in [0, 0.05) is 26.9 Å². The minimum Gasteiger partial charge on any atom is -0.307 e. The molecule has 1 aliphatic heterocycles. The first-order valence-corrected chi connectivity index (χ1v) is 5.77. The summed E-state index contributed by atoms with van der Waals surface area (Å²) < 4.78 is 0. The predicted molar refractivity (Wildman–Crippen MR) is 81.3 cm³/mol. The van der Waals surface area contributed by atoms with Crippen molar-refractivity contribution in [3.8, 4) is 0 Å². The van der Waals surface area contributed by atoms with Crippen molar-refractivity contribution in [2.24, 2.45) is 5.41 Å². The van der Waals surface area contributed by atoms with E-state index in [1.165, 1.54) is 0 Å². The number of hydrazine groups is 2. The van der Waals surface area contributed by atoms with E-state index in [9.17, 15) is 0 Å². The zero-order valence-electron chi connectivity index (χ0n) is 12.3. The summed E-state index contributed by atoms with van der Waals surface area (Å²) in [4.78, 5) is 0. The average Bonchev–Trinajstić information content (AvgIpc) is 2.56. The van der Waals surface area contributed by atoms with Crippen molar-refractivity contribution in [3.05, 3.63) is 12.4 Å². The van der Waals surface area contributed by atoms with Gasteiger partial charge in [0.15, 0.2) is 0 Å². The Morgan fingerprint density at radius 3 is 1.29 bits per heavy atom. The standard InChI is InChI=1S/C5H11N3.C5H12.C2H6.CH4.B/c1-5(2)8-6-3-4-7-8;1-5(2,3)4;1-2;;/h3-7H,1-2H3;1-4H3;1-2H3;1H4;. The topological polar surface area (TPSA) is 27.3 Å². The summed E-state index contributed by atoms with van der Waals surface area (Å²) in [6, 6.07) is 0.491. The Hall–Kier alpha value is -0.635. The van der Waals surface area contributed by atoms with Gasteiger partial charge in [-0.25, -0.2) is 0 Å². The van der Waals surface area contributed by atoms with Crippen LogP contribution in [-0.4, -0.2) is 19.6 Å². The Balaban J connectivity index is -0.0000000838. The van der Waals surface area contributed by atoms with Gasteiger partial charge in [0.2, 0.25) is 0 Å². The molecule has 4 heteroatoms. The summed E-state index contributed by atoms with van der Waals surface area (Å²) in [5.41, 5.74) is 6.50. The molecule has 0 saturated carbocycles. The highest BCUT2D eigenvalue weighted by molar-refractivity contribution is 5.75. The zero-order chi connectivity index (χ0) is 12.5. The second kappa shape index (κ2) is 13.4. The van der Waals surface area contributed by atoms with Gasteiger partial charge in [0.05, 0.1) is 0 Å². The smallest absolute Gasteiger partial charge is 0.0443 e. The molecule has 0 aromatic heterocycles. The van der Waals surface area contributed by atoms with Crippen molar-refractivity contribution in [1.82, 2.24) is 16.0 Å². The lowest BCUT2D eigenvalue weighted by molar-refractivity contribution is 0.144. The largest absolute Gasteiger partial charge is 0.307 e. The average molecular weight is 242 g/mol. The molecule has 3 nitrogen and oxygen atoms in total. The number of hydrogen-bond acceptors (Lipinski definition) is 3. The van der Waals surface area contributed by atoms with Crippen molar-refractivity contribution < 1.29 is 0 Å². The highest BCUT2D eigenvalue weighted by Gasteiger charge is 2.06. The van der Waals surface area contributed by atoms with Gasteiger partial charge in [-0.3, -0.25) is 0 Å². The first-order valence-electron chi connectivity index (χ1n) is 5.77. The molecule has 0 atom stereocenters. The number of rotatable bonds is 1. The van der Waals surface area contributed by atoms with Crippen LogP contribution in [0.25, 0.3) is 0 Å². The quantitative estimate of drug-likeness (QED) is 0.689. The molecule has 1 aliphatic rings. The first-order chi connectivity index (χ1) is 6.80. The van der Waals surface area contributed by atoms with E-state index in [2.05, 4.69) is 52.4 Å². The molecule has 0 unspecified atom stereocenters. The Morgan fingerprint density at radius 1 is 0.941 bits per heavy atom. The molecule has 3 radical (unpaired) electrons. The van der Waals surface area contributed by atoms with Gasteiger partial charge >= 0.3 is 0 Å². The SMILES string of the molecule is C.CC.CC(C)(C)C.CC(C)N1NC=CN1.[B]. The van der Waals surface area contributed by atoms with E-state index in [1.807, 2.05) is 31.4 Å². The van der Waals surface area contributed by atoms with Crippen molar-refractivity contribution in [2.45, 2.75) is 68.9 Å². The predicted octanol–water partition coefficient (Wildman–Crippen LogP) is 3.52. The highest BCUT2D eigenvalue weighted by Crippen LogP contribution is 2.08. The minimum atomic E-state index is 0. The zero-order valence-corrected chi connectivity index (χ0v) is 12.3. The van der Waals surface area contributed by atoms with Gasteiger partial charge in [0.1, 0.15) is 0 Å². The second-order valence-corrected chi connectivity index (χ2v) is 5.06. The van der Waals surface area contributed by atoms with Crippen LogP contribution in [-0.2, 0) is 0 Å². The van der Waals surface area contributed by atoms with E-state index in [1.54, 1.807) is 0 Å². The van der Waals surface area contributed by atoms with Crippen LogP contribution >= 0.6 is 0 Å². The maximum atomic E-state index is 3.00. The fraction of sp³-hybridized carbons (Fsp3) is 0.846. The molecular formula is C13H33BN3. The van der Waals surface area contributed by atoms with E-state index in [0.717, 1.165) is 0 Å². The van der Waals surface area contributed by atoms with Crippen LogP contribution in [0, 0.1) is 5.41 Å². The summed E-state index contributed by atoms with van der Waals surface area (Å²) in [6.07, 6.45) is 3.72. The molecule has 0 spiro atoms. The Morgan fingerprint density at radius 2 is 1.18 bits per heavy atom. The molecule has 2 N–H and O–H groups in total. The van der Waals surface area contributed by atoms with Gasteiger partial charge in [0.25, 0.3) is 0 Å². The van der Waals surface area contributed by atoms with Crippen LogP contribution in [0.4, 0.5) is 0 Å². The normalized spacial score (nSPS) is 12.8. The van der Waals surface area contributed by atoms with Crippen LogP contribution in [0.5, 0.6) is 0 Å². The summed E-state index contributed by atoms with van der Waals surface area (Å²) >= 11 is 0. The van der Waals surface area contributed by atoms with Crippen molar-refractivity contribution in [3.63, 3.8) is 0 Å². The Labute approximate surface area is 112 Å². The molecule has 103 valence electrons. The number of hydrogen-bond donors (Lipinski definition) is 2. The number of nitrogens with one attached hydrogen (secondary N) is 2. The third kappa shape index (κ3) is 25.5. The van der Waals surface area contributed by atoms with Crippen molar-refractivity contribution in [1.29, 1.82) is 0 Å². The Kier molecular flexibility index (Phi) is 20.0. The summed E-state index contributed by atoms with van der Waals surface area (Å²) in [5.74, 6) is 0. The third-order valence-electron chi connectivity index (χ3n) is 1.03. The fourth-order valence-corrected chi connectivity index (χ4v) is 0.571. The third-order valence-corrected chi connectivity index (χ3v) is 1.03. The van der Waals surface area contributed by atoms with Crippen LogP contribution in [0.15, 0.2) is 12.4 Å². The van der Waals surface area contributed by atoms with E-state index in [-0.39, 0.29) is 15.8 Å². The van der Waals surface area contributed by atoms with E-state index in [4.69, 9.17) is 0 Å². The molecule has 0 fully saturated rings. The molecule has 0 aromatic carbocycles. The summed E-state index contributed by atoms with van der Waals surface area (Å²) in [5, 5.41) is 1.92. The Bertz CT molecular complexity index is 149. The molecular weight excluding hydrogens is 209 g/mol. The fourth-order valence-electron chi connectivity index (χ4n) is 0.571.